The molecule has 0 aliphatic heterocycles. The van der Waals surface area contributed by atoms with Gasteiger partial charge in [-0.3, -0.25) is 0 Å². The summed E-state index contributed by atoms with van der Waals surface area (Å²) in [5.74, 6) is 0.814. The summed E-state index contributed by atoms with van der Waals surface area (Å²) in [6.07, 6.45) is 3.83. The summed E-state index contributed by atoms with van der Waals surface area (Å²) >= 11 is 0. The molecule has 0 amide bonds. The molecule has 0 bridgehead atoms. The van der Waals surface area contributed by atoms with Gasteiger partial charge in [0.15, 0.2) is 0 Å². The van der Waals surface area contributed by atoms with Crippen LogP contribution in [-0.4, -0.2) is 0 Å². The zero-order valence-electron chi connectivity index (χ0n) is 9.09. The minimum Gasteiger partial charge on any atom is -0.0709 e. The lowest BCUT2D eigenvalue weighted by Crippen LogP contribution is -1.91. The van der Waals surface area contributed by atoms with E-state index in [-0.39, 0.29) is 0 Å². The first-order chi connectivity index (χ1) is 6.77. The largest absolute Gasteiger partial charge is 0.0709 e. The van der Waals surface area contributed by atoms with Gasteiger partial charge in [0.1, 0.15) is 0 Å². The van der Waals surface area contributed by atoms with Gasteiger partial charge in [0.05, 0.1) is 0 Å². The molecule has 0 aromatic heterocycles. The SMILES string of the molecule is CC1=C(Cc2ccccc2)CCC1C. The predicted octanol–water partition coefficient (Wildman–Crippen LogP) is 3.98. The summed E-state index contributed by atoms with van der Waals surface area (Å²) in [6, 6.07) is 10.8. The smallest absolute Gasteiger partial charge is 0.00644 e. The molecule has 1 aliphatic carbocycles. The molecule has 0 heteroatoms. The molecule has 74 valence electrons. The molecule has 0 spiro atoms. The Hall–Kier alpha value is -1.04. The van der Waals surface area contributed by atoms with E-state index in [1.54, 1.807) is 11.1 Å². The van der Waals surface area contributed by atoms with Gasteiger partial charge in [0.25, 0.3) is 0 Å². The highest BCUT2D eigenvalue weighted by atomic mass is 14.2. The standard InChI is InChI=1S/C14H18/c1-11-8-9-14(12(11)2)10-13-6-4-3-5-7-13/h3-7,11H,8-10H2,1-2H3. The molecule has 1 unspecified atom stereocenters. The Kier molecular flexibility index (Phi) is 2.72. The Morgan fingerprint density at radius 1 is 1.21 bits per heavy atom. The van der Waals surface area contributed by atoms with Crippen LogP contribution in [-0.2, 0) is 6.42 Å². The molecule has 0 saturated heterocycles. The third-order valence-corrected chi connectivity index (χ3v) is 3.44. The lowest BCUT2D eigenvalue weighted by molar-refractivity contribution is 0.668. The molecule has 2 rings (SSSR count). The van der Waals surface area contributed by atoms with Gasteiger partial charge >= 0.3 is 0 Å². The topological polar surface area (TPSA) is 0 Å². The summed E-state index contributed by atoms with van der Waals surface area (Å²) in [7, 11) is 0. The van der Waals surface area contributed by atoms with Gasteiger partial charge in [-0.05, 0) is 37.7 Å². The lowest BCUT2D eigenvalue weighted by Gasteiger charge is -2.05. The molecule has 1 atom stereocenters. The van der Waals surface area contributed by atoms with Crippen molar-refractivity contribution in [3.05, 3.63) is 47.0 Å². The van der Waals surface area contributed by atoms with Crippen LogP contribution >= 0.6 is 0 Å². The molecule has 1 aliphatic rings. The maximum Gasteiger partial charge on any atom is -0.00644 e. The van der Waals surface area contributed by atoms with Crippen LogP contribution in [0.2, 0.25) is 0 Å². The van der Waals surface area contributed by atoms with E-state index in [2.05, 4.69) is 44.2 Å². The zero-order chi connectivity index (χ0) is 9.97. The quantitative estimate of drug-likeness (QED) is 0.613. The number of hydrogen-bond donors (Lipinski definition) is 0. The first-order valence-corrected chi connectivity index (χ1v) is 5.50. The normalized spacial score (nSPS) is 21.7. The second-order valence-corrected chi connectivity index (χ2v) is 4.39. The van der Waals surface area contributed by atoms with Crippen LogP contribution in [0.1, 0.15) is 32.3 Å². The maximum absolute atomic E-state index is 2.34. The third kappa shape index (κ3) is 1.89. The van der Waals surface area contributed by atoms with Gasteiger partial charge in [-0.2, -0.15) is 0 Å². The third-order valence-electron chi connectivity index (χ3n) is 3.44. The summed E-state index contributed by atoms with van der Waals surface area (Å²) < 4.78 is 0. The van der Waals surface area contributed by atoms with Crippen molar-refractivity contribution in [2.45, 2.75) is 33.1 Å². The van der Waals surface area contributed by atoms with Crippen LogP contribution in [0.15, 0.2) is 41.5 Å². The maximum atomic E-state index is 2.34. The summed E-state index contributed by atoms with van der Waals surface area (Å²) in [6.45, 7) is 4.64. The van der Waals surface area contributed by atoms with E-state index in [9.17, 15) is 0 Å². The van der Waals surface area contributed by atoms with Crippen LogP contribution < -0.4 is 0 Å². The van der Waals surface area contributed by atoms with Gasteiger partial charge in [-0.25, -0.2) is 0 Å². The van der Waals surface area contributed by atoms with Crippen molar-refractivity contribution in [1.82, 2.24) is 0 Å². The monoisotopic (exact) mass is 186 g/mol. The van der Waals surface area contributed by atoms with Gasteiger partial charge in [-0.15, -0.1) is 0 Å². The van der Waals surface area contributed by atoms with Crippen molar-refractivity contribution in [3.63, 3.8) is 0 Å². The summed E-state index contributed by atoms with van der Waals surface area (Å²) in [4.78, 5) is 0. The number of hydrogen-bond acceptors (Lipinski definition) is 0. The van der Waals surface area contributed by atoms with Gasteiger partial charge in [0.2, 0.25) is 0 Å². The molecule has 0 nitrogen and oxygen atoms in total. The second-order valence-electron chi connectivity index (χ2n) is 4.39. The van der Waals surface area contributed by atoms with Crippen molar-refractivity contribution in [3.8, 4) is 0 Å². The van der Waals surface area contributed by atoms with Crippen LogP contribution in [0.4, 0.5) is 0 Å². The average molecular weight is 186 g/mol. The summed E-state index contributed by atoms with van der Waals surface area (Å²) in [5, 5.41) is 0. The number of allylic oxidation sites excluding steroid dienone is 2. The lowest BCUT2D eigenvalue weighted by atomic mass is 10.0. The fourth-order valence-electron chi connectivity index (χ4n) is 2.22. The molecular formula is C14H18. The second kappa shape index (κ2) is 4.00. The molecular weight excluding hydrogens is 168 g/mol. The Balaban J connectivity index is 2.13. The molecule has 0 N–H and O–H groups in total. The molecule has 0 saturated carbocycles. The van der Waals surface area contributed by atoms with E-state index >= 15 is 0 Å². The van der Waals surface area contributed by atoms with E-state index in [1.807, 2.05) is 0 Å². The van der Waals surface area contributed by atoms with Crippen molar-refractivity contribution in [2.24, 2.45) is 5.92 Å². The Bertz CT molecular complexity index is 332. The molecule has 0 fully saturated rings. The highest BCUT2D eigenvalue weighted by molar-refractivity contribution is 5.28. The molecule has 0 radical (unpaired) electrons. The van der Waals surface area contributed by atoms with E-state index in [4.69, 9.17) is 0 Å². The van der Waals surface area contributed by atoms with E-state index in [0.29, 0.717) is 0 Å². The molecule has 0 heterocycles. The van der Waals surface area contributed by atoms with Crippen LogP contribution in [0.3, 0.4) is 0 Å². The zero-order valence-corrected chi connectivity index (χ0v) is 9.09. The highest BCUT2D eigenvalue weighted by Crippen LogP contribution is 2.32. The van der Waals surface area contributed by atoms with Gasteiger partial charge in [0, 0.05) is 0 Å². The Morgan fingerprint density at radius 2 is 1.93 bits per heavy atom. The van der Waals surface area contributed by atoms with Crippen molar-refractivity contribution < 1.29 is 0 Å². The predicted molar refractivity (Wildman–Crippen MR) is 61.2 cm³/mol. The molecule has 1 aromatic carbocycles. The van der Waals surface area contributed by atoms with Gasteiger partial charge < -0.3 is 0 Å². The Labute approximate surface area is 86.7 Å². The average Bonchev–Trinajstić information content (AvgIpc) is 2.52. The minimum absolute atomic E-state index is 0.814. The van der Waals surface area contributed by atoms with Crippen molar-refractivity contribution in [2.75, 3.05) is 0 Å². The first kappa shape index (κ1) is 9.51. The number of rotatable bonds is 2. The molecule has 1 aromatic rings. The first-order valence-electron chi connectivity index (χ1n) is 5.50. The Morgan fingerprint density at radius 3 is 2.50 bits per heavy atom. The van der Waals surface area contributed by atoms with E-state index in [1.165, 1.54) is 18.4 Å². The minimum atomic E-state index is 0.814. The van der Waals surface area contributed by atoms with Gasteiger partial charge in [-0.1, -0.05) is 48.4 Å². The fourth-order valence-corrected chi connectivity index (χ4v) is 2.22. The van der Waals surface area contributed by atoms with Crippen LogP contribution in [0.5, 0.6) is 0 Å². The van der Waals surface area contributed by atoms with Crippen LogP contribution in [0, 0.1) is 5.92 Å². The highest BCUT2D eigenvalue weighted by Gasteiger charge is 2.17. The van der Waals surface area contributed by atoms with E-state index in [0.717, 1.165) is 12.3 Å². The van der Waals surface area contributed by atoms with Crippen molar-refractivity contribution >= 4 is 0 Å². The van der Waals surface area contributed by atoms with Crippen molar-refractivity contribution in [1.29, 1.82) is 0 Å². The fraction of sp³-hybridized carbons (Fsp3) is 0.429. The number of benzene rings is 1. The summed E-state index contributed by atoms with van der Waals surface area (Å²) in [5.41, 5.74) is 4.76. The van der Waals surface area contributed by atoms with Crippen LogP contribution in [0.25, 0.3) is 0 Å². The molecule has 14 heavy (non-hydrogen) atoms. The van der Waals surface area contributed by atoms with E-state index < -0.39 is 0 Å².